The highest BCUT2D eigenvalue weighted by Gasteiger charge is 2.35. The Morgan fingerprint density at radius 1 is 1.09 bits per heavy atom. The number of hydrogen-bond donors (Lipinski definition) is 0. The van der Waals surface area contributed by atoms with Gasteiger partial charge in [0.25, 0.3) is 0 Å². The summed E-state index contributed by atoms with van der Waals surface area (Å²) in [6.07, 6.45) is 2.73. The molecule has 0 radical (unpaired) electrons. The van der Waals surface area contributed by atoms with Crippen LogP contribution in [0.4, 0.5) is 0 Å². The van der Waals surface area contributed by atoms with Crippen LogP contribution >= 0.6 is 23.2 Å². The van der Waals surface area contributed by atoms with Crippen LogP contribution in [0.25, 0.3) is 6.08 Å². The molecule has 2 aromatic carbocycles. The zero-order valence-electron chi connectivity index (χ0n) is 18.5. The largest absolute Gasteiger partial charge is 0.478 e. The summed E-state index contributed by atoms with van der Waals surface area (Å²) in [7, 11) is 0. The van der Waals surface area contributed by atoms with Gasteiger partial charge >= 0.3 is 0 Å². The average Bonchev–Trinajstić information content (AvgIpc) is 3.14. The number of ketones is 1. The number of Topliss-reactive ketones (excluding diaryl/α,β-unsaturated/α-hetero) is 1. The predicted molar refractivity (Wildman–Crippen MR) is 128 cm³/mol. The van der Waals surface area contributed by atoms with Crippen LogP contribution in [0, 0.1) is 6.92 Å². The van der Waals surface area contributed by atoms with Gasteiger partial charge in [0, 0.05) is 36.2 Å². The van der Waals surface area contributed by atoms with Gasteiger partial charge in [0.15, 0.2) is 5.76 Å². The Hall–Kier alpha value is -2.09. The number of nitrogens with zero attached hydrogens (tertiary/aromatic N) is 2. The van der Waals surface area contributed by atoms with Gasteiger partial charge < -0.3 is 14.2 Å². The molecule has 3 aliphatic rings. The highest BCUT2D eigenvalue weighted by molar-refractivity contribution is 6.35. The third-order valence-corrected chi connectivity index (χ3v) is 6.85. The van der Waals surface area contributed by atoms with E-state index in [1.807, 2.05) is 13.0 Å². The molecule has 0 N–H and O–H groups in total. The fourth-order valence-corrected chi connectivity index (χ4v) is 4.98. The molecule has 3 heterocycles. The van der Waals surface area contributed by atoms with Crippen molar-refractivity contribution in [1.82, 2.24) is 9.80 Å². The molecule has 2 aromatic rings. The molecule has 3 aliphatic heterocycles. The lowest BCUT2D eigenvalue weighted by Crippen LogP contribution is -2.39. The highest BCUT2D eigenvalue weighted by Crippen LogP contribution is 2.44. The van der Waals surface area contributed by atoms with E-state index in [-0.39, 0.29) is 11.5 Å². The molecule has 6 nitrogen and oxygen atoms in total. The van der Waals surface area contributed by atoms with Crippen molar-refractivity contribution in [2.75, 3.05) is 46.1 Å². The summed E-state index contributed by atoms with van der Waals surface area (Å²) in [5.41, 5.74) is 3.06. The molecule has 0 amide bonds. The van der Waals surface area contributed by atoms with E-state index in [2.05, 4.69) is 9.80 Å². The van der Waals surface area contributed by atoms with Crippen molar-refractivity contribution in [2.45, 2.75) is 19.9 Å². The second kappa shape index (κ2) is 9.65. The Morgan fingerprint density at radius 2 is 1.88 bits per heavy atom. The Bertz CT molecular complexity index is 1110. The van der Waals surface area contributed by atoms with Crippen LogP contribution in [0.2, 0.25) is 10.0 Å². The molecule has 0 saturated carbocycles. The fourth-order valence-electron chi connectivity index (χ4n) is 4.52. The van der Waals surface area contributed by atoms with Gasteiger partial charge in [-0.15, -0.1) is 0 Å². The second-order valence-corrected chi connectivity index (χ2v) is 9.46. The minimum Gasteiger partial charge on any atom is -0.478 e. The number of fused-ring (bicyclic) bond motifs is 3. The summed E-state index contributed by atoms with van der Waals surface area (Å²) in [6, 6.07) is 7.11. The first-order valence-corrected chi connectivity index (χ1v) is 12.0. The minimum absolute atomic E-state index is 0.138. The van der Waals surface area contributed by atoms with Crippen molar-refractivity contribution in [2.24, 2.45) is 0 Å². The third-order valence-electron chi connectivity index (χ3n) is 6.29. The van der Waals surface area contributed by atoms with E-state index in [0.717, 1.165) is 62.7 Å². The lowest BCUT2D eigenvalue weighted by Gasteiger charge is -2.31. The third kappa shape index (κ3) is 4.77. The minimum atomic E-state index is -0.138. The predicted octanol–water partition coefficient (Wildman–Crippen LogP) is 4.79. The molecular weight excluding hydrogens is 463 g/mol. The van der Waals surface area contributed by atoms with Crippen molar-refractivity contribution in [3.8, 4) is 11.5 Å². The number of benzene rings is 2. The highest BCUT2D eigenvalue weighted by atomic mass is 35.5. The van der Waals surface area contributed by atoms with Gasteiger partial charge in [0.2, 0.25) is 5.78 Å². The Morgan fingerprint density at radius 3 is 2.67 bits per heavy atom. The van der Waals surface area contributed by atoms with Crippen LogP contribution in [-0.2, 0) is 11.3 Å². The molecule has 33 heavy (non-hydrogen) atoms. The van der Waals surface area contributed by atoms with Crippen LogP contribution in [0.5, 0.6) is 11.5 Å². The van der Waals surface area contributed by atoms with Crippen molar-refractivity contribution in [1.29, 1.82) is 0 Å². The van der Waals surface area contributed by atoms with Crippen LogP contribution in [0.3, 0.4) is 0 Å². The number of hydrogen-bond acceptors (Lipinski definition) is 6. The summed E-state index contributed by atoms with van der Waals surface area (Å²) in [4.78, 5) is 17.9. The Kier molecular flexibility index (Phi) is 6.63. The summed E-state index contributed by atoms with van der Waals surface area (Å²) < 4.78 is 17.6. The number of morpholine rings is 1. The van der Waals surface area contributed by atoms with E-state index < -0.39 is 0 Å². The number of rotatable bonds is 5. The molecular formula is C25H26Cl2N2O4. The first-order valence-electron chi connectivity index (χ1n) is 11.2. The van der Waals surface area contributed by atoms with Crippen molar-refractivity contribution < 1.29 is 19.0 Å². The molecule has 0 spiro atoms. The number of carbonyl (C=O) groups is 1. The lowest BCUT2D eigenvalue weighted by atomic mass is 9.98. The molecule has 174 valence electrons. The molecule has 0 atom stereocenters. The number of halogens is 2. The van der Waals surface area contributed by atoms with E-state index in [0.29, 0.717) is 40.2 Å². The van der Waals surface area contributed by atoms with E-state index in [9.17, 15) is 4.79 Å². The molecule has 0 aromatic heterocycles. The van der Waals surface area contributed by atoms with Crippen LogP contribution in [0.15, 0.2) is 30.0 Å². The zero-order chi connectivity index (χ0) is 22.9. The molecule has 0 bridgehead atoms. The summed E-state index contributed by atoms with van der Waals surface area (Å²) in [5.74, 6) is 1.51. The number of allylic oxidation sites excluding steroid dienone is 1. The van der Waals surface area contributed by atoms with Crippen LogP contribution in [-0.4, -0.2) is 61.7 Å². The molecule has 0 aliphatic carbocycles. The SMILES string of the molecule is Cc1cc2c(c3c1C(=O)/C(=C/c1ccc(Cl)cc1Cl)O3)CN(CCCN1CCOCC1)CO2. The number of aryl methyl sites for hydroxylation is 1. The molecule has 0 unspecified atom stereocenters. The first kappa shape index (κ1) is 22.7. The maximum Gasteiger partial charge on any atom is 0.232 e. The number of ether oxygens (including phenoxy) is 3. The van der Waals surface area contributed by atoms with Crippen LogP contribution < -0.4 is 9.47 Å². The van der Waals surface area contributed by atoms with Crippen molar-refractivity contribution in [3.05, 3.63) is 62.3 Å². The van der Waals surface area contributed by atoms with E-state index in [1.165, 1.54) is 0 Å². The van der Waals surface area contributed by atoms with Gasteiger partial charge in [0.1, 0.15) is 18.2 Å². The van der Waals surface area contributed by atoms with Gasteiger partial charge in [0.05, 0.1) is 24.3 Å². The molecule has 1 fully saturated rings. The maximum atomic E-state index is 13.2. The number of carbonyl (C=O) groups excluding carboxylic acids is 1. The maximum absolute atomic E-state index is 13.2. The molecule has 8 heteroatoms. The van der Waals surface area contributed by atoms with Crippen molar-refractivity contribution in [3.63, 3.8) is 0 Å². The average molecular weight is 489 g/mol. The van der Waals surface area contributed by atoms with Gasteiger partial charge in [-0.2, -0.15) is 0 Å². The van der Waals surface area contributed by atoms with Gasteiger partial charge in [-0.3, -0.25) is 14.6 Å². The zero-order valence-corrected chi connectivity index (χ0v) is 20.0. The van der Waals surface area contributed by atoms with Gasteiger partial charge in [-0.25, -0.2) is 0 Å². The quantitative estimate of drug-likeness (QED) is 0.563. The summed E-state index contributed by atoms with van der Waals surface area (Å²) >= 11 is 12.3. The molecule has 1 saturated heterocycles. The standard InChI is InChI=1S/C25H26Cl2N2O4/c1-16-11-21-19(14-29(15-32-21)6-2-5-28-7-9-31-10-8-28)25-23(16)24(30)22(33-25)12-17-3-4-18(26)13-20(17)27/h3-4,11-13H,2,5-10,14-15H2,1H3/b22-12-. The fraction of sp³-hybridized carbons (Fsp3) is 0.400. The first-order chi connectivity index (χ1) is 16.0. The smallest absolute Gasteiger partial charge is 0.232 e. The lowest BCUT2D eigenvalue weighted by molar-refractivity contribution is 0.0329. The normalized spacial score (nSPS) is 19.8. The second-order valence-electron chi connectivity index (χ2n) is 8.61. The van der Waals surface area contributed by atoms with E-state index >= 15 is 0 Å². The van der Waals surface area contributed by atoms with Gasteiger partial charge in [-0.05, 0) is 55.3 Å². The Balaban J connectivity index is 1.33. The summed E-state index contributed by atoms with van der Waals surface area (Å²) in [6.45, 7) is 8.70. The topological polar surface area (TPSA) is 51.2 Å². The molecule has 5 rings (SSSR count). The van der Waals surface area contributed by atoms with Gasteiger partial charge in [-0.1, -0.05) is 29.3 Å². The van der Waals surface area contributed by atoms with Crippen LogP contribution in [0.1, 0.15) is 33.5 Å². The van der Waals surface area contributed by atoms with Crippen molar-refractivity contribution >= 4 is 35.1 Å². The monoisotopic (exact) mass is 488 g/mol. The Labute approximate surface area is 203 Å². The van der Waals surface area contributed by atoms with E-state index in [1.54, 1.807) is 24.3 Å². The van der Waals surface area contributed by atoms with E-state index in [4.69, 9.17) is 37.4 Å². The summed E-state index contributed by atoms with van der Waals surface area (Å²) in [5, 5.41) is 1.01.